The Labute approximate surface area is 140 Å². The number of carbonyl (C=O) groups is 1. The number of fused-ring (bicyclic) bond motifs is 1. The SMILES string of the molecule is Cc1cnc(-c2cccc(N3CC(C(=O)O)C3)c2)c2ccccc12. The number of pyridine rings is 1. The zero-order chi connectivity index (χ0) is 16.7. The van der Waals surface area contributed by atoms with Gasteiger partial charge in [-0.25, -0.2) is 0 Å². The molecule has 4 rings (SSSR count). The van der Waals surface area contributed by atoms with Gasteiger partial charge in [0.2, 0.25) is 0 Å². The van der Waals surface area contributed by atoms with Crippen LogP contribution in [0.2, 0.25) is 0 Å². The van der Waals surface area contributed by atoms with Gasteiger partial charge in [-0.3, -0.25) is 9.78 Å². The summed E-state index contributed by atoms with van der Waals surface area (Å²) in [6.07, 6.45) is 1.91. The van der Waals surface area contributed by atoms with Crippen LogP contribution in [-0.4, -0.2) is 29.1 Å². The van der Waals surface area contributed by atoms with Crippen molar-refractivity contribution in [2.45, 2.75) is 6.92 Å². The van der Waals surface area contributed by atoms with Crippen molar-refractivity contribution in [1.29, 1.82) is 0 Å². The summed E-state index contributed by atoms with van der Waals surface area (Å²) in [5.41, 5.74) is 4.24. The average Bonchev–Trinajstić information content (AvgIpc) is 2.54. The second-order valence-corrected chi connectivity index (χ2v) is 6.33. The third-order valence-corrected chi connectivity index (χ3v) is 4.71. The van der Waals surface area contributed by atoms with E-state index in [9.17, 15) is 4.79 Å². The summed E-state index contributed by atoms with van der Waals surface area (Å²) in [5.74, 6) is -0.972. The van der Waals surface area contributed by atoms with Crippen molar-refractivity contribution in [1.82, 2.24) is 4.98 Å². The molecular weight excluding hydrogens is 300 g/mol. The van der Waals surface area contributed by atoms with E-state index in [2.05, 4.69) is 41.1 Å². The summed E-state index contributed by atoms with van der Waals surface area (Å²) in [6, 6.07) is 16.5. The number of rotatable bonds is 3. The van der Waals surface area contributed by atoms with Gasteiger partial charge in [0.25, 0.3) is 0 Å². The van der Waals surface area contributed by atoms with E-state index < -0.39 is 5.97 Å². The predicted octanol–water partition coefficient (Wildman–Crippen LogP) is 3.73. The van der Waals surface area contributed by atoms with Crippen molar-refractivity contribution in [3.63, 3.8) is 0 Å². The van der Waals surface area contributed by atoms with E-state index >= 15 is 0 Å². The van der Waals surface area contributed by atoms with E-state index in [1.165, 1.54) is 5.39 Å². The molecule has 1 aliphatic rings. The topological polar surface area (TPSA) is 53.4 Å². The fourth-order valence-electron chi connectivity index (χ4n) is 3.26. The Bertz CT molecular complexity index is 930. The van der Waals surface area contributed by atoms with Crippen LogP contribution in [0.3, 0.4) is 0 Å². The van der Waals surface area contributed by atoms with Gasteiger partial charge in [0.05, 0.1) is 11.6 Å². The summed E-state index contributed by atoms with van der Waals surface area (Å²) >= 11 is 0. The zero-order valence-corrected chi connectivity index (χ0v) is 13.4. The lowest BCUT2D eigenvalue weighted by Gasteiger charge is -2.38. The van der Waals surface area contributed by atoms with Crippen molar-refractivity contribution in [2.75, 3.05) is 18.0 Å². The molecule has 1 aromatic heterocycles. The lowest BCUT2D eigenvalue weighted by molar-refractivity contribution is -0.142. The van der Waals surface area contributed by atoms with Gasteiger partial charge in [-0.15, -0.1) is 0 Å². The standard InChI is InChI=1S/C20H18N2O2/c1-13-10-21-19(18-8-3-2-7-17(13)18)14-5-4-6-16(9-14)22-11-15(12-22)20(23)24/h2-10,15H,11-12H2,1H3,(H,23,24). The molecule has 0 radical (unpaired) electrons. The van der Waals surface area contributed by atoms with Gasteiger partial charge in [-0.2, -0.15) is 0 Å². The number of aromatic nitrogens is 1. The van der Waals surface area contributed by atoms with Crippen molar-refractivity contribution in [3.8, 4) is 11.3 Å². The van der Waals surface area contributed by atoms with Crippen molar-refractivity contribution in [2.24, 2.45) is 5.92 Å². The van der Waals surface area contributed by atoms with E-state index in [-0.39, 0.29) is 5.92 Å². The van der Waals surface area contributed by atoms with Crippen molar-refractivity contribution < 1.29 is 9.90 Å². The van der Waals surface area contributed by atoms with Crippen LogP contribution in [-0.2, 0) is 4.79 Å². The Morgan fingerprint density at radius 1 is 1.12 bits per heavy atom. The number of aryl methyl sites for hydroxylation is 1. The molecule has 0 spiro atoms. The Kier molecular flexibility index (Phi) is 3.45. The number of hydrogen-bond acceptors (Lipinski definition) is 3. The lowest BCUT2D eigenvalue weighted by Crippen LogP contribution is -2.50. The van der Waals surface area contributed by atoms with Gasteiger partial charge in [0.15, 0.2) is 0 Å². The molecule has 0 bridgehead atoms. The van der Waals surface area contributed by atoms with E-state index in [1.807, 2.05) is 30.5 Å². The maximum Gasteiger partial charge on any atom is 0.310 e. The Hall–Kier alpha value is -2.88. The number of carboxylic acids is 1. The Balaban J connectivity index is 1.72. The van der Waals surface area contributed by atoms with Gasteiger partial charge < -0.3 is 10.0 Å². The molecule has 2 heterocycles. The van der Waals surface area contributed by atoms with Gasteiger partial charge in [-0.05, 0) is 30.0 Å². The van der Waals surface area contributed by atoms with E-state index in [0.717, 1.165) is 27.9 Å². The third-order valence-electron chi connectivity index (χ3n) is 4.71. The van der Waals surface area contributed by atoms with Crippen LogP contribution in [0.5, 0.6) is 0 Å². The fraction of sp³-hybridized carbons (Fsp3) is 0.200. The second kappa shape index (κ2) is 5.64. The first-order chi connectivity index (χ1) is 11.6. The first kappa shape index (κ1) is 14.7. The minimum Gasteiger partial charge on any atom is -0.481 e. The molecule has 0 saturated carbocycles. The first-order valence-corrected chi connectivity index (χ1v) is 8.06. The monoisotopic (exact) mass is 318 g/mol. The molecule has 24 heavy (non-hydrogen) atoms. The lowest BCUT2D eigenvalue weighted by atomic mass is 9.97. The van der Waals surface area contributed by atoms with Crippen LogP contribution >= 0.6 is 0 Å². The van der Waals surface area contributed by atoms with E-state index in [0.29, 0.717) is 13.1 Å². The van der Waals surface area contributed by atoms with Crippen LogP contribution in [0.4, 0.5) is 5.69 Å². The first-order valence-electron chi connectivity index (χ1n) is 8.06. The molecular formula is C20H18N2O2. The highest BCUT2D eigenvalue weighted by atomic mass is 16.4. The summed E-state index contributed by atoms with van der Waals surface area (Å²) in [5, 5.41) is 11.4. The van der Waals surface area contributed by atoms with Crippen molar-refractivity contribution >= 4 is 22.4 Å². The Morgan fingerprint density at radius 2 is 1.88 bits per heavy atom. The highest BCUT2D eigenvalue weighted by Gasteiger charge is 2.32. The molecule has 4 nitrogen and oxygen atoms in total. The molecule has 1 saturated heterocycles. The smallest absolute Gasteiger partial charge is 0.310 e. The number of carboxylic acid groups (broad SMARTS) is 1. The number of anilines is 1. The number of hydrogen-bond donors (Lipinski definition) is 1. The van der Waals surface area contributed by atoms with Crippen LogP contribution in [0.25, 0.3) is 22.0 Å². The summed E-state index contributed by atoms with van der Waals surface area (Å²) in [4.78, 5) is 17.7. The molecule has 1 aliphatic heterocycles. The second-order valence-electron chi connectivity index (χ2n) is 6.33. The van der Waals surface area contributed by atoms with Gasteiger partial charge in [0.1, 0.15) is 0 Å². The predicted molar refractivity (Wildman–Crippen MR) is 95.3 cm³/mol. The normalized spacial score (nSPS) is 14.6. The summed E-state index contributed by atoms with van der Waals surface area (Å²) < 4.78 is 0. The Morgan fingerprint density at radius 3 is 2.62 bits per heavy atom. The largest absolute Gasteiger partial charge is 0.481 e. The molecule has 4 heteroatoms. The van der Waals surface area contributed by atoms with E-state index in [1.54, 1.807) is 0 Å². The van der Waals surface area contributed by atoms with Crippen LogP contribution in [0.15, 0.2) is 54.7 Å². The van der Waals surface area contributed by atoms with Gasteiger partial charge >= 0.3 is 5.97 Å². The zero-order valence-electron chi connectivity index (χ0n) is 13.4. The minimum absolute atomic E-state index is 0.257. The number of nitrogens with zero attached hydrogens (tertiary/aromatic N) is 2. The molecule has 0 unspecified atom stereocenters. The molecule has 0 aliphatic carbocycles. The molecule has 120 valence electrons. The quantitative estimate of drug-likeness (QED) is 0.799. The summed E-state index contributed by atoms with van der Waals surface area (Å²) in [6.45, 7) is 3.21. The molecule has 0 atom stereocenters. The highest BCUT2D eigenvalue weighted by Crippen LogP contribution is 2.32. The maximum absolute atomic E-state index is 11.0. The van der Waals surface area contributed by atoms with Crippen LogP contribution in [0.1, 0.15) is 5.56 Å². The van der Waals surface area contributed by atoms with Gasteiger partial charge in [-0.1, -0.05) is 36.4 Å². The van der Waals surface area contributed by atoms with Crippen LogP contribution in [0, 0.1) is 12.8 Å². The summed E-state index contributed by atoms with van der Waals surface area (Å²) in [7, 11) is 0. The molecule has 1 fully saturated rings. The fourth-order valence-corrected chi connectivity index (χ4v) is 3.26. The van der Waals surface area contributed by atoms with Gasteiger partial charge in [0, 0.05) is 35.9 Å². The van der Waals surface area contributed by atoms with Crippen LogP contribution < -0.4 is 4.90 Å². The minimum atomic E-state index is -0.714. The van der Waals surface area contributed by atoms with Crippen molar-refractivity contribution in [3.05, 3.63) is 60.3 Å². The molecule has 0 amide bonds. The third kappa shape index (κ3) is 2.40. The molecule has 2 aromatic carbocycles. The highest BCUT2D eigenvalue weighted by molar-refractivity contribution is 5.96. The average molecular weight is 318 g/mol. The maximum atomic E-state index is 11.0. The molecule has 1 N–H and O–H groups in total. The van der Waals surface area contributed by atoms with E-state index in [4.69, 9.17) is 5.11 Å². The number of aliphatic carboxylic acids is 1. The number of benzene rings is 2. The molecule has 3 aromatic rings.